The fraction of sp³-hybridized carbons (Fsp3) is 0.333. The standard InChI is InChI=1S/C12H13NO3/c1-12(2,3)11(15)16-9-5-4-8(7-13)10(14)6-9/h4-6,14H,1-3H3. The van der Waals surface area contributed by atoms with Gasteiger partial charge in [0.1, 0.15) is 17.6 Å². The molecule has 0 saturated heterocycles. The first-order valence-corrected chi connectivity index (χ1v) is 4.80. The van der Waals surface area contributed by atoms with Crippen LogP contribution < -0.4 is 4.74 Å². The topological polar surface area (TPSA) is 70.3 Å². The molecule has 0 saturated carbocycles. The van der Waals surface area contributed by atoms with Crippen LogP contribution in [0.1, 0.15) is 26.3 Å². The molecule has 0 amide bonds. The molecule has 4 nitrogen and oxygen atoms in total. The van der Waals surface area contributed by atoms with Gasteiger partial charge < -0.3 is 9.84 Å². The predicted octanol–water partition coefficient (Wildman–Crippen LogP) is 2.22. The van der Waals surface area contributed by atoms with Gasteiger partial charge in [-0.3, -0.25) is 4.79 Å². The number of carbonyl (C=O) groups excluding carboxylic acids is 1. The minimum atomic E-state index is -0.608. The molecule has 0 bridgehead atoms. The second kappa shape index (κ2) is 4.23. The molecule has 0 spiro atoms. The molecule has 0 aromatic heterocycles. The third-order valence-electron chi connectivity index (χ3n) is 1.91. The van der Waals surface area contributed by atoms with E-state index in [9.17, 15) is 9.90 Å². The molecule has 4 heteroatoms. The lowest BCUT2D eigenvalue weighted by atomic mass is 9.97. The Morgan fingerprint density at radius 3 is 2.50 bits per heavy atom. The van der Waals surface area contributed by atoms with E-state index in [1.54, 1.807) is 20.8 Å². The summed E-state index contributed by atoms with van der Waals surface area (Å²) in [6.45, 7) is 5.20. The number of ether oxygens (including phenoxy) is 1. The van der Waals surface area contributed by atoms with Crippen molar-refractivity contribution in [3.63, 3.8) is 0 Å². The smallest absolute Gasteiger partial charge is 0.316 e. The van der Waals surface area contributed by atoms with Crippen LogP contribution >= 0.6 is 0 Å². The van der Waals surface area contributed by atoms with E-state index in [4.69, 9.17) is 10.00 Å². The number of carbonyl (C=O) groups is 1. The van der Waals surface area contributed by atoms with Crippen LogP contribution in [-0.2, 0) is 4.79 Å². The van der Waals surface area contributed by atoms with Crippen molar-refractivity contribution in [1.82, 2.24) is 0 Å². The zero-order valence-corrected chi connectivity index (χ0v) is 9.44. The lowest BCUT2D eigenvalue weighted by Gasteiger charge is -2.16. The number of esters is 1. The molecule has 1 aromatic carbocycles. The largest absolute Gasteiger partial charge is 0.506 e. The second-order valence-corrected chi connectivity index (χ2v) is 4.43. The highest BCUT2D eigenvalue weighted by molar-refractivity contribution is 5.78. The van der Waals surface area contributed by atoms with Gasteiger partial charge >= 0.3 is 5.97 Å². The van der Waals surface area contributed by atoms with E-state index in [0.717, 1.165) is 0 Å². The molecule has 16 heavy (non-hydrogen) atoms. The first kappa shape index (κ1) is 12.1. The van der Waals surface area contributed by atoms with Crippen LogP contribution in [0.15, 0.2) is 18.2 Å². The molecule has 0 aliphatic heterocycles. The van der Waals surface area contributed by atoms with E-state index >= 15 is 0 Å². The number of aromatic hydroxyl groups is 1. The minimum absolute atomic E-state index is 0.149. The summed E-state index contributed by atoms with van der Waals surface area (Å²) in [5.41, 5.74) is -0.459. The quantitative estimate of drug-likeness (QED) is 0.580. The molecule has 1 N–H and O–H groups in total. The minimum Gasteiger partial charge on any atom is -0.506 e. The van der Waals surface area contributed by atoms with E-state index in [1.165, 1.54) is 18.2 Å². The number of nitriles is 1. The maximum absolute atomic E-state index is 11.5. The number of rotatable bonds is 1. The van der Waals surface area contributed by atoms with Crippen molar-refractivity contribution in [3.8, 4) is 17.6 Å². The molecular formula is C12H13NO3. The Morgan fingerprint density at radius 2 is 2.06 bits per heavy atom. The summed E-state index contributed by atoms with van der Waals surface area (Å²) in [6.07, 6.45) is 0. The molecule has 0 radical (unpaired) electrons. The van der Waals surface area contributed by atoms with Crippen LogP contribution in [0.2, 0.25) is 0 Å². The van der Waals surface area contributed by atoms with Crippen molar-refractivity contribution in [2.45, 2.75) is 20.8 Å². The van der Waals surface area contributed by atoms with Gasteiger partial charge in [0.15, 0.2) is 0 Å². The van der Waals surface area contributed by atoms with E-state index in [0.29, 0.717) is 0 Å². The van der Waals surface area contributed by atoms with Crippen LogP contribution in [0.25, 0.3) is 0 Å². The Hall–Kier alpha value is -2.02. The van der Waals surface area contributed by atoms with Crippen LogP contribution in [-0.4, -0.2) is 11.1 Å². The molecule has 0 atom stereocenters. The van der Waals surface area contributed by atoms with Gasteiger partial charge in [-0.05, 0) is 32.9 Å². The van der Waals surface area contributed by atoms with Gasteiger partial charge in [-0.25, -0.2) is 0 Å². The number of benzene rings is 1. The summed E-state index contributed by atoms with van der Waals surface area (Å²) in [6, 6.07) is 5.95. The van der Waals surface area contributed by atoms with Crippen molar-refractivity contribution in [1.29, 1.82) is 5.26 Å². The summed E-state index contributed by atoms with van der Waals surface area (Å²) in [5, 5.41) is 18.0. The molecule has 0 aliphatic carbocycles. The van der Waals surface area contributed by atoms with Crippen molar-refractivity contribution >= 4 is 5.97 Å². The monoisotopic (exact) mass is 219 g/mol. The van der Waals surface area contributed by atoms with Gasteiger partial charge in [-0.15, -0.1) is 0 Å². The summed E-state index contributed by atoms with van der Waals surface area (Å²) in [4.78, 5) is 11.5. The number of phenols is 1. The van der Waals surface area contributed by atoms with Crippen molar-refractivity contribution in [2.75, 3.05) is 0 Å². The van der Waals surface area contributed by atoms with Gasteiger partial charge in [-0.1, -0.05) is 0 Å². The van der Waals surface area contributed by atoms with E-state index in [1.807, 2.05) is 6.07 Å². The Kier molecular flexibility index (Phi) is 3.19. The normalized spacial score (nSPS) is 10.6. The molecule has 84 valence electrons. The number of nitrogens with zero attached hydrogens (tertiary/aromatic N) is 1. The van der Waals surface area contributed by atoms with Gasteiger partial charge in [0.05, 0.1) is 11.0 Å². The number of hydrogen-bond acceptors (Lipinski definition) is 4. The van der Waals surface area contributed by atoms with Crippen LogP contribution in [0.4, 0.5) is 0 Å². The van der Waals surface area contributed by atoms with E-state index < -0.39 is 11.4 Å². The summed E-state index contributed by atoms with van der Waals surface area (Å²) in [7, 11) is 0. The van der Waals surface area contributed by atoms with E-state index in [-0.39, 0.29) is 17.1 Å². The highest BCUT2D eigenvalue weighted by atomic mass is 16.5. The maximum atomic E-state index is 11.5. The highest BCUT2D eigenvalue weighted by Gasteiger charge is 2.23. The van der Waals surface area contributed by atoms with Crippen molar-refractivity contribution in [3.05, 3.63) is 23.8 Å². The molecule has 0 heterocycles. The SMILES string of the molecule is CC(C)(C)C(=O)Oc1ccc(C#N)c(O)c1. The average Bonchev–Trinajstić information content (AvgIpc) is 2.16. The van der Waals surface area contributed by atoms with Gasteiger partial charge in [0, 0.05) is 6.07 Å². The molecule has 1 aromatic rings. The lowest BCUT2D eigenvalue weighted by Crippen LogP contribution is -2.25. The molecule has 0 aliphatic rings. The Balaban J connectivity index is 2.89. The number of hydrogen-bond donors (Lipinski definition) is 1. The zero-order valence-electron chi connectivity index (χ0n) is 9.44. The molecule has 0 fully saturated rings. The zero-order chi connectivity index (χ0) is 12.3. The third kappa shape index (κ3) is 2.74. The van der Waals surface area contributed by atoms with Crippen LogP contribution in [0.3, 0.4) is 0 Å². The van der Waals surface area contributed by atoms with E-state index in [2.05, 4.69) is 0 Å². The van der Waals surface area contributed by atoms with Gasteiger partial charge in [0.2, 0.25) is 0 Å². The fourth-order valence-electron chi connectivity index (χ4n) is 0.930. The summed E-state index contributed by atoms with van der Waals surface area (Å²) in [5.74, 6) is -0.352. The van der Waals surface area contributed by atoms with Crippen molar-refractivity contribution in [2.24, 2.45) is 5.41 Å². The Labute approximate surface area is 94.1 Å². The second-order valence-electron chi connectivity index (χ2n) is 4.43. The Bertz CT molecular complexity index is 452. The Morgan fingerprint density at radius 1 is 1.44 bits per heavy atom. The third-order valence-corrected chi connectivity index (χ3v) is 1.91. The highest BCUT2D eigenvalue weighted by Crippen LogP contribution is 2.25. The van der Waals surface area contributed by atoms with Crippen molar-refractivity contribution < 1.29 is 14.6 Å². The molecule has 0 unspecified atom stereocenters. The maximum Gasteiger partial charge on any atom is 0.316 e. The van der Waals surface area contributed by atoms with Crippen LogP contribution in [0.5, 0.6) is 11.5 Å². The number of phenolic OH excluding ortho intramolecular Hbond substituents is 1. The first-order chi connectivity index (χ1) is 7.34. The summed E-state index contributed by atoms with van der Waals surface area (Å²) < 4.78 is 5.05. The van der Waals surface area contributed by atoms with Gasteiger partial charge in [-0.2, -0.15) is 5.26 Å². The van der Waals surface area contributed by atoms with Gasteiger partial charge in [0.25, 0.3) is 0 Å². The molecule has 1 rings (SSSR count). The fourth-order valence-corrected chi connectivity index (χ4v) is 0.930. The predicted molar refractivity (Wildman–Crippen MR) is 57.9 cm³/mol. The first-order valence-electron chi connectivity index (χ1n) is 4.80. The summed E-state index contributed by atoms with van der Waals surface area (Å²) >= 11 is 0. The van der Waals surface area contributed by atoms with Crippen LogP contribution in [0, 0.1) is 16.7 Å². The lowest BCUT2D eigenvalue weighted by molar-refractivity contribution is -0.142. The molecular weight excluding hydrogens is 206 g/mol. The average molecular weight is 219 g/mol.